The van der Waals surface area contributed by atoms with Crippen molar-refractivity contribution >= 4 is 29.3 Å². The van der Waals surface area contributed by atoms with Crippen molar-refractivity contribution in [3.05, 3.63) is 30.2 Å². The normalized spacial score (nSPS) is 34.2. The van der Waals surface area contributed by atoms with E-state index >= 15 is 0 Å². The van der Waals surface area contributed by atoms with Gasteiger partial charge >= 0.3 is 0 Å². The number of amides is 1. The van der Waals surface area contributed by atoms with Gasteiger partial charge in [-0.2, -0.15) is 0 Å². The van der Waals surface area contributed by atoms with E-state index < -0.39 is 0 Å². The van der Waals surface area contributed by atoms with Gasteiger partial charge in [0.2, 0.25) is 5.91 Å². The maximum Gasteiger partial charge on any atom is 0.250 e. The van der Waals surface area contributed by atoms with Crippen molar-refractivity contribution in [1.29, 1.82) is 0 Å². The highest BCUT2D eigenvalue weighted by Gasteiger charge is 2.53. The quantitative estimate of drug-likeness (QED) is 0.633. The van der Waals surface area contributed by atoms with E-state index in [2.05, 4.69) is 17.6 Å². The third-order valence-corrected chi connectivity index (χ3v) is 6.75. The van der Waals surface area contributed by atoms with Gasteiger partial charge in [-0.1, -0.05) is 0 Å². The van der Waals surface area contributed by atoms with Crippen LogP contribution >= 0.6 is 12.2 Å². The van der Waals surface area contributed by atoms with Gasteiger partial charge in [0.1, 0.15) is 5.76 Å². The zero-order valence-corrected chi connectivity index (χ0v) is 15.5. The summed E-state index contributed by atoms with van der Waals surface area (Å²) >= 11 is 5.38. The molecule has 4 fully saturated rings. The van der Waals surface area contributed by atoms with E-state index in [1.165, 1.54) is 44.6 Å². The SMILES string of the molecule is C[C@H](NC(=S)NC(=O)/C=C/c1ccco1)C12CC3CC(CC(C3)C1)C2. The first-order valence-electron chi connectivity index (χ1n) is 9.35. The molecule has 5 rings (SSSR count). The fraction of sp³-hybridized carbons (Fsp3) is 0.600. The molecule has 4 aliphatic carbocycles. The Kier molecular flexibility index (Phi) is 4.44. The Morgan fingerprint density at radius 3 is 2.48 bits per heavy atom. The second kappa shape index (κ2) is 6.60. The standard InChI is InChI=1S/C20H26N2O2S/c1-13(20-10-14-7-15(11-20)9-16(8-14)12-20)21-19(25)22-18(23)5-4-17-3-2-6-24-17/h2-6,13-16H,7-12H2,1H3,(H2,21,22,23,25)/b5-4+/t13-,14?,15?,16?,20?/m0/s1. The van der Waals surface area contributed by atoms with Crippen molar-refractivity contribution in [3.8, 4) is 0 Å². The molecule has 0 aliphatic heterocycles. The summed E-state index contributed by atoms with van der Waals surface area (Å²) in [7, 11) is 0. The first-order chi connectivity index (χ1) is 12.0. The smallest absolute Gasteiger partial charge is 0.250 e. The fourth-order valence-electron chi connectivity index (χ4n) is 5.79. The average Bonchev–Trinajstić information content (AvgIpc) is 3.05. The topological polar surface area (TPSA) is 54.3 Å². The van der Waals surface area contributed by atoms with E-state index in [0.29, 0.717) is 22.3 Å². The van der Waals surface area contributed by atoms with E-state index in [1.807, 2.05) is 0 Å². The minimum atomic E-state index is -0.230. The molecule has 0 spiro atoms. The lowest BCUT2D eigenvalue weighted by Crippen LogP contribution is -2.57. The molecule has 0 saturated heterocycles. The molecule has 1 atom stereocenters. The van der Waals surface area contributed by atoms with Crippen LogP contribution in [0, 0.1) is 23.2 Å². The van der Waals surface area contributed by atoms with Gasteiger partial charge in [-0.05, 0) is 99.0 Å². The molecule has 0 unspecified atom stereocenters. The van der Waals surface area contributed by atoms with Crippen LogP contribution in [0.2, 0.25) is 0 Å². The first kappa shape index (κ1) is 16.8. The van der Waals surface area contributed by atoms with Gasteiger partial charge in [-0.3, -0.25) is 10.1 Å². The predicted molar refractivity (Wildman–Crippen MR) is 102 cm³/mol. The summed E-state index contributed by atoms with van der Waals surface area (Å²) in [4.78, 5) is 12.0. The van der Waals surface area contributed by atoms with Crippen molar-refractivity contribution < 1.29 is 9.21 Å². The lowest BCUT2D eigenvalue weighted by atomic mass is 9.48. The second-order valence-corrected chi connectivity index (χ2v) is 8.72. The Morgan fingerprint density at radius 1 is 1.28 bits per heavy atom. The highest BCUT2D eigenvalue weighted by atomic mass is 32.1. The second-order valence-electron chi connectivity index (χ2n) is 8.31. The molecule has 4 saturated carbocycles. The molecule has 0 aromatic carbocycles. The first-order valence-corrected chi connectivity index (χ1v) is 9.76. The zero-order chi connectivity index (χ0) is 17.4. The lowest BCUT2D eigenvalue weighted by molar-refractivity contribution is -0.115. The number of hydrogen-bond acceptors (Lipinski definition) is 3. The number of thiocarbonyl (C=S) groups is 1. The van der Waals surface area contributed by atoms with E-state index in [9.17, 15) is 4.79 Å². The van der Waals surface area contributed by atoms with Gasteiger partial charge < -0.3 is 9.73 Å². The Bertz CT molecular complexity index is 645. The monoisotopic (exact) mass is 358 g/mol. The summed E-state index contributed by atoms with van der Waals surface area (Å²) in [5.41, 5.74) is 0.369. The number of hydrogen-bond donors (Lipinski definition) is 2. The van der Waals surface area contributed by atoms with Crippen LogP contribution in [0.5, 0.6) is 0 Å². The number of carbonyl (C=O) groups excluding carboxylic acids is 1. The number of carbonyl (C=O) groups is 1. The maximum atomic E-state index is 12.0. The van der Waals surface area contributed by atoms with E-state index in [1.54, 1.807) is 24.5 Å². The molecule has 134 valence electrons. The molecule has 1 amide bonds. The minimum absolute atomic E-state index is 0.230. The molecule has 1 aromatic heterocycles. The summed E-state index contributed by atoms with van der Waals surface area (Å²) in [6.45, 7) is 2.24. The molecule has 2 N–H and O–H groups in total. The Morgan fingerprint density at radius 2 is 1.92 bits per heavy atom. The molecule has 4 nitrogen and oxygen atoms in total. The third kappa shape index (κ3) is 3.52. The van der Waals surface area contributed by atoms with Gasteiger partial charge in [0.25, 0.3) is 0 Å². The van der Waals surface area contributed by atoms with E-state index in [4.69, 9.17) is 16.6 Å². The summed E-state index contributed by atoms with van der Waals surface area (Å²) in [5, 5.41) is 6.59. The average molecular weight is 359 g/mol. The predicted octanol–water partition coefficient (Wildman–Crippen LogP) is 3.89. The van der Waals surface area contributed by atoms with Crippen LogP contribution in [-0.4, -0.2) is 17.1 Å². The van der Waals surface area contributed by atoms with Gasteiger partial charge in [-0.15, -0.1) is 0 Å². The summed E-state index contributed by atoms with van der Waals surface area (Å²) < 4.78 is 5.18. The third-order valence-electron chi connectivity index (χ3n) is 6.53. The highest BCUT2D eigenvalue weighted by molar-refractivity contribution is 7.80. The molecule has 0 radical (unpaired) electrons. The molecule has 1 aromatic rings. The van der Waals surface area contributed by atoms with E-state index in [-0.39, 0.29) is 5.91 Å². The highest BCUT2D eigenvalue weighted by Crippen LogP contribution is 2.61. The summed E-state index contributed by atoms with van der Waals surface area (Å²) in [6.07, 6.45) is 12.9. The number of nitrogens with one attached hydrogen (secondary N) is 2. The van der Waals surface area contributed by atoms with Gasteiger partial charge in [0.15, 0.2) is 5.11 Å². The molecular formula is C20H26N2O2S. The van der Waals surface area contributed by atoms with Crippen molar-refractivity contribution in [2.75, 3.05) is 0 Å². The Labute approximate surface area is 154 Å². The molecule has 5 heteroatoms. The number of rotatable bonds is 4. The van der Waals surface area contributed by atoms with Crippen molar-refractivity contribution in [2.45, 2.75) is 51.5 Å². The van der Waals surface area contributed by atoms with Gasteiger partial charge in [0.05, 0.1) is 6.26 Å². The van der Waals surface area contributed by atoms with Crippen LogP contribution in [0.25, 0.3) is 6.08 Å². The maximum absolute atomic E-state index is 12.0. The summed E-state index contributed by atoms with van der Waals surface area (Å²) in [5.74, 6) is 3.15. The van der Waals surface area contributed by atoms with Crippen molar-refractivity contribution in [1.82, 2.24) is 10.6 Å². The van der Waals surface area contributed by atoms with Crippen LogP contribution in [-0.2, 0) is 4.79 Å². The van der Waals surface area contributed by atoms with Crippen LogP contribution in [0.4, 0.5) is 0 Å². The molecule has 4 bridgehead atoms. The molecular weight excluding hydrogens is 332 g/mol. The van der Waals surface area contributed by atoms with Crippen LogP contribution in [0.15, 0.2) is 28.9 Å². The van der Waals surface area contributed by atoms with Crippen molar-refractivity contribution in [2.24, 2.45) is 23.2 Å². The molecule has 4 aliphatic rings. The van der Waals surface area contributed by atoms with Crippen LogP contribution in [0.3, 0.4) is 0 Å². The van der Waals surface area contributed by atoms with Crippen LogP contribution < -0.4 is 10.6 Å². The lowest BCUT2D eigenvalue weighted by Gasteiger charge is -2.59. The fourth-order valence-corrected chi connectivity index (χ4v) is 6.07. The van der Waals surface area contributed by atoms with Crippen molar-refractivity contribution in [3.63, 3.8) is 0 Å². The summed E-state index contributed by atoms with van der Waals surface area (Å²) in [6, 6.07) is 3.90. The number of furan rings is 1. The van der Waals surface area contributed by atoms with E-state index in [0.717, 1.165) is 17.8 Å². The minimum Gasteiger partial charge on any atom is -0.465 e. The zero-order valence-electron chi connectivity index (χ0n) is 14.7. The van der Waals surface area contributed by atoms with Crippen LogP contribution in [0.1, 0.15) is 51.2 Å². The Hall–Kier alpha value is -1.62. The largest absolute Gasteiger partial charge is 0.465 e. The molecule has 1 heterocycles. The van der Waals surface area contributed by atoms with Gasteiger partial charge in [-0.25, -0.2) is 0 Å². The Balaban J connectivity index is 1.32. The molecule has 25 heavy (non-hydrogen) atoms. The van der Waals surface area contributed by atoms with Gasteiger partial charge in [0, 0.05) is 12.1 Å².